The normalized spacial score (nSPS) is 13.8. The number of aromatic nitrogens is 3. The molecule has 2 aromatic carbocycles. The Morgan fingerprint density at radius 3 is 2.54 bits per heavy atom. The summed E-state index contributed by atoms with van der Waals surface area (Å²) >= 11 is 0. The summed E-state index contributed by atoms with van der Waals surface area (Å²) in [7, 11) is -3.41. The summed E-state index contributed by atoms with van der Waals surface area (Å²) in [5, 5.41) is 11.1. The molecule has 0 unspecified atom stereocenters. The first-order valence-corrected chi connectivity index (χ1v) is 14.1. The highest BCUT2D eigenvalue weighted by atomic mass is 32.2. The van der Waals surface area contributed by atoms with Gasteiger partial charge in [-0.05, 0) is 81.0 Å². The van der Waals surface area contributed by atoms with Crippen molar-refractivity contribution < 1.29 is 13.2 Å². The van der Waals surface area contributed by atoms with Gasteiger partial charge in [0.15, 0.2) is 0 Å². The van der Waals surface area contributed by atoms with Gasteiger partial charge in [0.2, 0.25) is 10.0 Å². The minimum atomic E-state index is -3.41. The van der Waals surface area contributed by atoms with E-state index >= 15 is 0 Å². The lowest BCUT2D eigenvalue weighted by molar-refractivity contribution is 0.324. The van der Waals surface area contributed by atoms with Crippen LogP contribution in [0.4, 0.5) is 5.69 Å². The molecular formula is C28H29N5O3S. The number of ether oxygens (including phenoxy) is 1. The van der Waals surface area contributed by atoms with Crippen molar-refractivity contribution in [3.63, 3.8) is 0 Å². The number of rotatable bonds is 8. The van der Waals surface area contributed by atoms with E-state index in [1.807, 2.05) is 51.1 Å². The van der Waals surface area contributed by atoms with Gasteiger partial charge in [-0.25, -0.2) is 18.4 Å². The molecule has 0 aliphatic heterocycles. The van der Waals surface area contributed by atoms with Gasteiger partial charge in [-0.1, -0.05) is 6.92 Å². The molecular weight excluding hydrogens is 486 g/mol. The summed E-state index contributed by atoms with van der Waals surface area (Å²) in [5.41, 5.74) is 5.58. The molecule has 9 heteroatoms. The van der Waals surface area contributed by atoms with Crippen LogP contribution < -0.4 is 9.46 Å². The van der Waals surface area contributed by atoms with E-state index in [0.29, 0.717) is 23.4 Å². The number of nitriles is 1. The zero-order chi connectivity index (χ0) is 26.2. The molecule has 8 nitrogen and oxygen atoms in total. The van der Waals surface area contributed by atoms with Crippen LogP contribution in [0.1, 0.15) is 55.3 Å². The molecule has 2 heterocycles. The Morgan fingerprint density at radius 1 is 1.14 bits per heavy atom. The van der Waals surface area contributed by atoms with E-state index in [2.05, 4.69) is 25.3 Å². The fourth-order valence-electron chi connectivity index (χ4n) is 4.87. The van der Waals surface area contributed by atoms with E-state index in [4.69, 9.17) is 4.74 Å². The van der Waals surface area contributed by atoms with Gasteiger partial charge in [-0.2, -0.15) is 5.26 Å². The SMILES string of the molecule is CCCS(=O)(=O)Nc1cc(C)c(-c2c(C#N)c3ccc(Oc4ncccn4)cc3n2C2CCC2)cc1C. The number of aryl methyl sites for hydroxylation is 2. The molecule has 0 spiro atoms. The maximum Gasteiger partial charge on any atom is 0.321 e. The second-order valence-electron chi connectivity index (χ2n) is 9.51. The van der Waals surface area contributed by atoms with E-state index in [9.17, 15) is 13.7 Å². The molecule has 2 aromatic heterocycles. The van der Waals surface area contributed by atoms with Gasteiger partial charge in [0, 0.05) is 35.5 Å². The van der Waals surface area contributed by atoms with Crippen molar-refractivity contribution in [2.75, 3.05) is 10.5 Å². The van der Waals surface area contributed by atoms with Gasteiger partial charge in [0.1, 0.15) is 11.8 Å². The van der Waals surface area contributed by atoms with Crippen LogP contribution in [0.2, 0.25) is 0 Å². The smallest absolute Gasteiger partial charge is 0.321 e. The summed E-state index contributed by atoms with van der Waals surface area (Å²) in [6.07, 6.45) is 6.99. The maximum absolute atomic E-state index is 12.4. The highest BCUT2D eigenvalue weighted by molar-refractivity contribution is 7.92. The molecule has 1 aliphatic carbocycles. The fraction of sp³-hybridized carbons (Fsp3) is 0.321. The molecule has 1 aliphatic rings. The number of benzene rings is 2. The molecule has 1 fully saturated rings. The zero-order valence-electron chi connectivity index (χ0n) is 21.2. The lowest BCUT2D eigenvalue weighted by Gasteiger charge is -2.30. The van der Waals surface area contributed by atoms with Crippen molar-refractivity contribution in [3.8, 4) is 29.1 Å². The first kappa shape index (κ1) is 24.8. The average molecular weight is 516 g/mol. The number of nitrogens with zero attached hydrogens (tertiary/aromatic N) is 4. The van der Waals surface area contributed by atoms with Gasteiger partial charge in [0.25, 0.3) is 0 Å². The van der Waals surface area contributed by atoms with Crippen LogP contribution in [0, 0.1) is 25.2 Å². The molecule has 190 valence electrons. The Hall–Kier alpha value is -3.90. The molecule has 0 atom stereocenters. The van der Waals surface area contributed by atoms with Gasteiger partial charge in [-0.15, -0.1) is 0 Å². The van der Waals surface area contributed by atoms with Crippen LogP contribution in [-0.4, -0.2) is 28.7 Å². The molecule has 0 amide bonds. The lowest BCUT2D eigenvalue weighted by atomic mass is 9.91. The van der Waals surface area contributed by atoms with Crippen molar-refractivity contribution in [3.05, 3.63) is 65.5 Å². The minimum Gasteiger partial charge on any atom is -0.424 e. The van der Waals surface area contributed by atoms with Crippen LogP contribution in [-0.2, 0) is 10.0 Å². The van der Waals surface area contributed by atoms with E-state index in [-0.39, 0.29) is 17.8 Å². The van der Waals surface area contributed by atoms with Crippen LogP contribution in [0.3, 0.4) is 0 Å². The van der Waals surface area contributed by atoms with Crippen molar-refractivity contribution in [1.82, 2.24) is 14.5 Å². The maximum atomic E-state index is 12.4. The number of hydrogen-bond donors (Lipinski definition) is 1. The Kier molecular flexibility index (Phi) is 6.61. The Labute approximate surface area is 217 Å². The first-order valence-electron chi connectivity index (χ1n) is 12.5. The van der Waals surface area contributed by atoms with E-state index < -0.39 is 10.0 Å². The zero-order valence-corrected chi connectivity index (χ0v) is 22.0. The fourth-order valence-corrected chi connectivity index (χ4v) is 6.06. The third-order valence-corrected chi connectivity index (χ3v) is 8.32. The molecule has 1 saturated carbocycles. The number of sulfonamides is 1. The predicted molar refractivity (Wildman–Crippen MR) is 144 cm³/mol. The number of anilines is 1. The predicted octanol–water partition coefficient (Wildman–Crippen LogP) is 6.26. The standard InChI is InChI=1S/C28H29N5O3S/c1-4-13-37(34,35)32-25-15-18(2)23(14-19(25)3)27-24(17-29)22-10-9-21(36-28-30-11-6-12-31-28)16-26(22)33(27)20-7-5-8-20/h6,9-12,14-16,20,32H,4-5,7-8,13H2,1-3H3. The van der Waals surface area contributed by atoms with Crippen molar-refractivity contribution in [2.24, 2.45) is 0 Å². The minimum absolute atomic E-state index is 0.0696. The van der Waals surface area contributed by atoms with E-state index in [0.717, 1.165) is 52.5 Å². The van der Waals surface area contributed by atoms with Crippen LogP contribution >= 0.6 is 0 Å². The average Bonchev–Trinajstić information content (AvgIpc) is 3.13. The Morgan fingerprint density at radius 2 is 1.89 bits per heavy atom. The summed E-state index contributed by atoms with van der Waals surface area (Å²) < 4.78 is 35.7. The highest BCUT2D eigenvalue weighted by Gasteiger charge is 2.29. The van der Waals surface area contributed by atoms with E-state index in [1.165, 1.54) is 0 Å². The van der Waals surface area contributed by atoms with E-state index in [1.54, 1.807) is 18.5 Å². The number of fused-ring (bicyclic) bond motifs is 1. The molecule has 0 saturated heterocycles. The molecule has 1 N–H and O–H groups in total. The Bertz CT molecular complexity index is 1620. The molecule has 0 bridgehead atoms. The third kappa shape index (κ3) is 4.77. The second-order valence-corrected chi connectivity index (χ2v) is 11.3. The quantitative estimate of drug-likeness (QED) is 0.297. The topological polar surface area (TPSA) is 110 Å². The van der Waals surface area contributed by atoms with Crippen molar-refractivity contribution in [1.29, 1.82) is 5.26 Å². The molecule has 5 rings (SSSR count). The van der Waals surface area contributed by atoms with Gasteiger partial charge in [-0.3, -0.25) is 4.72 Å². The monoisotopic (exact) mass is 515 g/mol. The van der Waals surface area contributed by atoms with Crippen molar-refractivity contribution >= 4 is 26.6 Å². The summed E-state index contributed by atoms with van der Waals surface area (Å²) in [5.74, 6) is 0.668. The third-order valence-electron chi connectivity index (χ3n) is 6.84. The Balaban J connectivity index is 1.66. The van der Waals surface area contributed by atoms with Crippen molar-refractivity contribution in [2.45, 2.75) is 52.5 Å². The molecule has 0 radical (unpaired) electrons. The number of hydrogen-bond acceptors (Lipinski definition) is 6. The summed E-state index contributed by atoms with van der Waals surface area (Å²) in [4.78, 5) is 8.30. The van der Waals surface area contributed by atoms with Crippen LogP contribution in [0.5, 0.6) is 11.8 Å². The first-order chi connectivity index (χ1) is 17.8. The molecule has 4 aromatic rings. The van der Waals surface area contributed by atoms with Gasteiger partial charge in [0.05, 0.1) is 28.2 Å². The largest absolute Gasteiger partial charge is 0.424 e. The lowest BCUT2D eigenvalue weighted by Crippen LogP contribution is -2.18. The highest BCUT2D eigenvalue weighted by Crippen LogP contribution is 2.45. The number of nitrogens with one attached hydrogen (secondary N) is 1. The second kappa shape index (κ2) is 9.87. The van der Waals surface area contributed by atoms with Gasteiger partial charge >= 0.3 is 6.01 Å². The van der Waals surface area contributed by atoms with Crippen LogP contribution in [0.25, 0.3) is 22.2 Å². The van der Waals surface area contributed by atoms with Crippen LogP contribution in [0.15, 0.2) is 48.8 Å². The summed E-state index contributed by atoms with van der Waals surface area (Å²) in [6, 6.07) is 14.3. The molecule has 37 heavy (non-hydrogen) atoms. The summed E-state index contributed by atoms with van der Waals surface area (Å²) in [6.45, 7) is 5.69. The van der Waals surface area contributed by atoms with Gasteiger partial charge < -0.3 is 9.30 Å².